The van der Waals surface area contributed by atoms with E-state index in [0.717, 1.165) is 45.0 Å². The number of carbonyl (C=O) groups excluding carboxylic acids is 1. The van der Waals surface area contributed by atoms with Gasteiger partial charge in [0.25, 0.3) is 5.91 Å². The number of hydrogen-bond donors (Lipinski definition) is 1. The monoisotopic (exact) mass is 435 g/mol. The summed E-state index contributed by atoms with van der Waals surface area (Å²) in [4.78, 5) is 13.8. The van der Waals surface area contributed by atoms with Crippen molar-refractivity contribution < 1.29 is 9.53 Å². The molecule has 152 valence electrons. The Labute approximate surface area is 185 Å². The van der Waals surface area contributed by atoms with Crippen molar-refractivity contribution in [2.45, 2.75) is 26.4 Å². The van der Waals surface area contributed by atoms with Gasteiger partial charge in [0.1, 0.15) is 12.4 Å². The lowest BCUT2D eigenvalue weighted by atomic mass is 10.1. The summed E-state index contributed by atoms with van der Waals surface area (Å²) in [6.45, 7) is 2.60. The Bertz CT molecular complexity index is 1150. The molecule has 0 radical (unpaired) electrons. The first-order valence-electron chi connectivity index (χ1n) is 9.93. The topological polar surface area (TPSA) is 38.3 Å². The number of fused-ring (bicyclic) bond motifs is 1. The lowest BCUT2D eigenvalue weighted by Gasteiger charge is -2.09. The highest BCUT2D eigenvalue weighted by Crippen LogP contribution is 2.33. The molecule has 0 aliphatic heterocycles. The van der Waals surface area contributed by atoms with E-state index in [1.165, 1.54) is 5.39 Å². The maximum absolute atomic E-state index is 13.0. The predicted octanol–water partition coefficient (Wildman–Crippen LogP) is 7.34. The number of benzene rings is 3. The van der Waals surface area contributed by atoms with Crippen LogP contribution in [0.1, 0.15) is 34.1 Å². The van der Waals surface area contributed by atoms with Crippen molar-refractivity contribution in [2.24, 2.45) is 0 Å². The standard InChI is InChI=1S/C25H22ClNO2S/c1-2-5-22-21-6-3-4-7-23(21)30-24(22)25(28)27-19-12-14-20(15-13-19)29-16-17-8-10-18(26)11-9-17/h3-4,6-15H,2,5,16H2,1H3,(H,27,28). The number of carbonyl (C=O) groups is 1. The fourth-order valence-corrected chi connectivity index (χ4v) is 4.62. The molecule has 0 fully saturated rings. The van der Waals surface area contributed by atoms with E-state index in [1.807, 2.05) is 60.7 Å². The fourth-order valence-electron chi connectivity index (χ4n) is 3.35. The molecule has 0 unspecified atom stereocenters. The van der Waals surface area contributed by atoms with E-state index in [4.69, 9.17) is 16.3 Å². The van der Waals surface area contributed by atoms with Crippen LogP contribution in [0.3, 0.4) is 0 Å². The lowest BCUT2D eigenvalue weighted by molar-refractivity contribution is 0.103. The third-order valence-corrected chi connectivity index (χ3v) is 6.30. The molecule has 4 rings (SSSR count). The van der Waals surface area contributed by atoms with Gasteiger partial charge >= 0.3 is 0 Å². The number of hydrogen-bond acceptors (Lipinski definition) is 3. The van der Waals surface area contributed by atoms with Crippen molar-refractivity contribution in [3.8, 4) is 5.75 Å². The minimum Gasteiger partial charge on any atom is -0.489 e. The van der Waals surface area contributed by atoms with Crippen molar-refractivity contribution >= 4 is 44.6 Å². The van der Waals surface area contributed by atoms with Gasteiger partial charge in [-0.15, -0.1) is 11.3 Å². The Morgan fingerprint density at radius 1 is 1.00 bits per heavy atom. The smallest absolute Gasteiger partial charge is 0.266 e. The van der Waals surface area contributed by atoms with Crippen LogP contribution in [-0.4, -0.2) is 5.91 Å². The summed E-state index contributed by atoms with van der Waals surface area (Å²) in [7, 11) is 0. The highest BCUT2D eigenvalue weighted by Gasteiger charge is 2.17. The molecule has 3 aromatic carbocycles. The Kier molecular flexibility index (Phi) is 6.36. The van der Waals surface area contributed by atoms with Crippen LogP contribution in [0, 0.1) is 0 Å². The second-order valence-corrected chi connectivity index (χ2v) is 8.54. The van der Waals surface area contributed by atoms with Gasteiger partial charge in [-0.25, -0.2) is 0 Å². The quantitative estimate of drug-likeness (QED) is 0.329. The molecular weight excluding hydrogens is 414 g/mol. The molecule has 4 aromatic rings. The molecule has 1 amide bonds. The van der Waals surface area contributed by atoms with Crippen LogP contribution < -0.4 is 10.1 Å². The summed E-state index contributed by atoms with van der Waals surface area (Å²) in [6.07, 6.45) is 1.89. The molecule has 3 nitrogen and oxygen atoms in total. The van der Waals surface area contributed by atoms with Crippen LogP contribution in [0.4, 0.5) is 5.69 Å². The molecule has 0 aliphatic carbocycles. The Balaban J connectivity index is 1.44. The van der Waals surface area contributed by atoms with E-state index in [1.54, 1.807) is 11.3 Å². The van der Waals surface area contributed by atoms with Crippen molar-refractivity contribution in [1.82, 2.24) is 0 Å². The van der Waals surface area contributed by atoms with Gasteiger partial charge in [0.15, 0.2) is 0 Å². The highest BCUT2D eigenvalue weighted by molar-refractivity contribution is 7.21. The number of thiophene rings is 1. The van der Waals surface area contributed by atoms with Crippen LogP contribution in [-0.2, 0) is 13.0 Å². The zero-order chi connectivity index (χ0) is 20.9. The van der Waals surface area contributed by atoms with Crippen LogP contribution >= 0.6 is 22.9 Å². The lowest BCUT2D eigenvalue weighted by Crippen LogP contribution is -2.12. The van der Waals surface area contributed by atoms with E-state index >= 15 is 0 Å². The first kappa shape index (κ1) is 20.5. The molecule has 1 heterocycles. The summed E-state index contributed by atoms with van der Waals surface area (Å²) in [6, 6.07) is 23.2. The minimum atomic E-state index is -0.0607. The summed E-state index contributed by atoms with van der Waals surface area (Å²) in [5, 5.41) is 4.92. The Morgan fingerprint density at radius 2 is 1.73 bits per heavy atom. The second kappa shape index (κ2) is 9.33. The second-order valence-electron chi connectivity index (χ2n) is 7.05. The van der Waals surface area contributed by atoms with Gasteiger partial charge in [-0.3, -0.25) is 4.79 Å². The van der Waals surface area contributed by atoms with E-state index in [9.17, 15) is 4.79 Å². The van der Waals surface area contributed by atoms with Crippen LogP contribution in [0.2, 0.25) is 5.02 Å². The number of halogens is 1. The molecule has 0 spiro atoms. The van der Waals surface area contributed by atoms with E-state index in [0.29, 0.717) is 11.6 Å². The maximum atomic E-state index is 13.0. The van der Waals surface area contributed by atoms with Gasteiger partial charge in [0.2, 0.25) is 0 Å². The summed E-state index contributed by atoms with van der Waals surface area (Å²) < 4.78 is 6.96. The predicted molar refractivity (Wildman–Crippen MR) is 126 cm³/mol. The minimum absolute atomic E-state index is 0.0607. The molecule has 1 N–H and O–H groups in total. The van der Waals surface area contributed by atoms with E-state index in [2.05, 4.69) is 24.4 Å². The van der Waals surface area contributed by atoms with Crippen molar-refractivity contribution in [3.05, 3.63) is 93.8 Å². The maximum Gasteiger partial charge on any atom is 0.266 e. The van der Waals surface area contributed by atoms with Crippen molar-refractivity contribution in [3.63, 3.8) is 0 Å². The molecule has 0 saturated heterocycles. The largest absolute Gasteiger partial charge is 0.489 e. The SMILES string of the molecule is CCCc1c(C(=O)Nc2ccc(OCc3ccc(Cl)cc3)cc2)sc2ccccc12. The Hall–Kier alpha value is -2.82. The van der Waals surface area contributed by atoms with Gasteiger partial charge < -0.3 is 10.1 Å². The van der Waals surface area contributed by atoms with Crippen molar-refractivity contribution in [1.29, 1.82) is 0 Å². The highest BCUT2D eigenvalue weighted by atomic mass is 35.5. The zero-order valence-corrected chi connectivity index (χ0v) is 18.2. The third kappa shape index (κ3) is 4.66. The van der Waals surface area contributed by atoms with Gasteiger partial charge in [0, 0.05) is 15.4 Å². The first-order valence-corrected chi connectivity index (χ1v) is 11.1. The van der Waals surface area contributed by atoms with Gasteiger partial charge in [-0.2, -0.15) is 0 Å². The molecule has 1 aromatic heterocycles. The molecular formula is C25H22ClNO2S. The molecule has 0 aliphatic rings. The summed E-state index contributed by atoms with van der Waals surface area (Å²) >= 11 is 7.46. The van der Waals surface area contributed by atoms with E-state index < -0.39 is 0 Å². The number of anilines is 1. The van der Waals surface area contributed by atoms with Crippen LogP contribution in [0.15, 0.2) is 72.8 Å². The third-order valence-electron chi connectivity index (χ3n) is 4.84. The molecule has 0 saturated carbocycles. The van der Waals surface area contributed by atoms with Crippen LogP contribution in [0.5, 0.6) is 5.75 Å². The number of nitrogens with one attached hydrogen (secondary N) is 1. The van der Waals surface area contributed by atoms with Crippen LogP contribution in [0.25, 0.3) is 10.1 Å². The number of aryl methyl sites for hydroxylation is 1. The molecule has 30 heavy (non-hydrogen) atoms. The number of rotatable bonds is 7. The summed E-state index contributed by atoms with van der Waals surface area (Å²) in [5.41, 5.74) is 2.93. The number of ether oxygens (including phenoxy) is 1. The van der Waals surface area contributed by atoms with Gasteiger partial charge in [0.05, 0.1) is 4.88 Å². The zero-order valence-electron chi connectivity index (χ0n) is 16.7. The molecule has 5 heteroatoms. The van der Waals surface area contributed by atoms with Gasteiger partial charge in [-0.05, 0) is 65.4 Å². The first-order chi connectivity index (χ1) is 14.6. The molecule has 0 atom stereocenters. The average Bonchev–Trinajstić information content (AvgIpc) is 3.13. The van der Waals surface area contributed by atoms with Gasteiger partial charge in [-0.1, -0.05) is 55.3 Å². The summed E-state index contributed by atoms with van der Waals surface area (Å²) in [5.74, 6) is 0.686. The average molecular weight is 436 g/mol. The van der Waals surface area contributed by atoms with E-state index in [-0.39, 0.29) is 5.91 Å². The Morgan fingerprint density at radius 3 is 2.47 bits per heavy atom. The number of amides is 1. The normalized spacial score (nSPS) is 10.9. The molecule has 0 bridgehead atoms. The van der Waals surface area contributed by atoms with Crippen molar-refractivity contribution in [2.75, 3.05) is 5.32 Å². The fraction of sp³-hybridized carbons (Fsp3) is 0.160.